The van der Waals surface area contributed by atoms with Gasteiger partial charge < -0.3 is 4.90 Å². The summed E-state index contributed by atoms with van der Waals surface area (Å²) in [4.78, 5) is 29.5. The maximum Gasteiger partial charge on any atom is 0.295 e. The number of piperazine rings is 1. The summed E-state index contributed by atoms with van der Waals surface area (Å²) in [5.74, 6) is -0.397. The van der Waals surface area contributed by atoms with Crippen LogP contribution in [0.4, 0.5) is 5.69 Å². The Kier molecular flexibility index (Phi) is 5.95. The number of hydrogen-bond acceptors (Lipinski definition) is 7. The molecular weight excluding hydrogens is 448 g/mol. The number of nitro benzene ring substituents is 1. The predicted molar refractivity (Wildman–Crippen MR) is 119 cm³/mol. The SMILES string of the molecule is Cc1ccc(S(=O)(=O)N2CCN(C(=O)c3ccc(-n4cncn4)c([N+](=O)[O-])c3)CC2)cc1C. The Balaban J connectivity index is 1.50. The molecule has 0 spiro atoms. The second-order valence-electron chi connectivity index (χ2n) is 7.74. The maximum atomic E-state index is 13.0. The van der Waals surface area contributed by atoms with Crippen LogP contribution in [0.25, 0.3) is 5.69 Å². The van der Waals surface area contributed by atoms with Crippen molar-refractivity contribution in [3.8, 4) is 5.69 Å². The van der Waals surface area contributed by atoms with Gasteiger partial charge in [-0.3, -0.25) is 14.9 Å². The lowest BCUT2D eigenvalue weighted by Crippen LogP contribution is -2.50. The second-order valence-corrected chi connectivity index (χ2v) is 9.68. The lowest BCUT2D eigenvalue weighted by atomic mass is 10.1. The zero-order chi connectivity index (χ0) is 23.8. The highest BCUT2D eigenvalue weighted by Crippen LogP contribution is 2.25. The van der Waals surface area contributed by atoms with Crippen molar-refractivity contribution in [2.75, 3.05) is 26.2 Å². The lowest BCUT2D eigenvalue weighted by molar-refractivity contribution is -0.384. The molecule has 0 N–H and O–H groups in total. The molecule has 1 saturated heterocycles. The first-order chi connectivity index (χ1) is 15.7. The quantitative estimate of drug-likeness (QED) is 0.411. The normalized spacial score (nSPS) is 14.9. The summed E-state index contributed by atoms with van der Waals surface area (Å²) in [5.41, 5.74) is 1.96. The predicted octanol–water partition coefficient (Wildman–Crippen LogP) is 1.94. The van der Waals surface area contributed by atoms with E-state index in [0.717, 1.165) is 11.1 Å². The molecule has 1 aliphatic rings. The van der Waals surface area contributed by atoms with Crippen LogP contribution < -0.4 is 0 Å². The zero-order valence-corrected chi connectivity index (χ0v) is 18.9. The van der Waals surface area contributed by atoms with Gasteiger partial charge in [0.1, 0.15) is 18.3 Å². The topological polar surface area (TPSA) is 132 Å². The molecule has 1 fully saturated rings. The van der Waals surface area contributed by atoms with Crippen LogP contribution in [0.2, 0.25) is 0 Å². The van der Waals surface area contributed by atoms with Gasteiger partial charge in [0.2, 0.25) is 10.0 Å². The fourth-order valence-electron chi connectivity index (χ4n) is 3.67. The van der Waals surface area contributed by atoms with Gasteiger partial charge in [0.25, 0.3) is 11.6 Å². The van der Waals surface area contributed by atoms with Crippen molar-refractivity contribution in [3.63, 3.8) is 0 Å². The molecule has 1 aromatic heterocycles. The third-order valence-electron chi connectivity index (χ3n) is 5.73. The first-order valence-corrected chi connectivity index (χ1v) is 11.6. The number of benzene rings is 2. The van der Waals surface area contributed by atoms with E-state index < -0.39 is 20.9 Å². The summed E-state index contributed by atoms with van der Waals surface area (Å²) < 4.78 is 28.6. The summed E-state index contributed by atoms with van der Waals surface area (Å²) in [6.07, 6.45) is 2.59. The van der Waals surface area contributed by atoms with Crippen LogP contribution in [0.5, 0.6) is 0 Å². The Bertz CT molecular complexity index is 1310. The average Bonchev–Trinajstić information content (AvgIpc) is 3.35. The Morgan fingerprint density at radius 3 is 2.36 bits per heavy atom. The van der Waals surface area contributed by atoms with E-state index >= 15 is 0 Å². The third-order valence-corrected chi connectivity index (χ3v) is 7.62. The van der Waals surface area contributed by atoms with Crippen molar-refractivity contribution < 1.29 is 18.1 Å². The molecule has 0 bridgehead atoms. The van der Waals surface area contributed by atoms with Crippen LogP contribution in [-0.2, 0) is 10.0 Å². The molecule has 0 radical (unpaired) electrons. The van der Waals surface area contributed by atoms with Crippen molar-refractivity contribution in [3.05, 3.63) is 75.9 Å². The zero-order valence-electron chi connectivity index (χ0n) is 18.1. The highest BCUT2D eigenvalue weighted by Gasteiger charge is 2.31. The molecule has 3 aromatic rings. The van der Waals surface area contributed by atoms with Gasteiger partial charge in [0, 0.05) is 37.8 Å². The van der Waals surface area contributed by atoms with Crippen molar-refractivity contribution in [1.29, 1.82) is 0 Å². The highest BCUT2D eigenvalue weighted by atomic mass is 32.2. The molecule has 0 saturated carbocycles. The molecule has 0 unspecified atom stereocenters. The number of amides is 1. The first kappa shape index (κ1) is 22.6. The van der Waals surface area contributed by atoms with Crippen LogP contribution in [-0.4, -0.2) is 69.4 Å². The maximum absolute atomic E-state index is 13.0. The number of sulfonamides is 1. The molecule has 0 aliphatic carbocycles. The Hall–Kier alpha value is -3.64. The number of hydrogen-bond donors (Lipinski definition) is 0. The van der Waals surface area contributed by atoms with E-state index in [1.54, 1.807) is 18.2 Å². The third kappa shape index (κ3) is 4.34. The number of rotatable bonds is 5. The molecule has 2 aromatic carbocycles. The van der Waals surface area contributed by atoms with Crippen molar-refractivity contribution in [2.45, 2.75) is 18.7 Å². The standard InChI is InChI=1S/C21H22N6O5S/c1-15-3-5-18(11-16(15)2)33(31,32)25-9-7-24(8-10-25)21(28)17-4-6-19(20(12-17)27(29)30)26-14-22-13-23-26/h3-6,11-14H,7-10H2,1-2H3. The first-order valence-electron chi connectivity index (χ1n) is 10.2. The summed E-state index contributed by atoms with van der Waals surface area (Å²) in [7, 11) is -3.67. The lowest BCUT2D eigenvalue weighted by Gasteiger charge is -2.34. The molecular formula is C21H22N6O5S. The molecule has 1 aliphatic heterocycles. The minimum atomic E-state index is -3.67. The number of nitro groups is 1. The second kappa shape index (κ2) is 8.71. The van der Waals surface area contributed by atoms with E-state index in [-0.39, 0.29) is 48.0 Å². The van der Waals surface area contributed by atoms with Crippen LogP contribution in [0.15, 0.2) is 53.9 Å². The van der Waals surface area contributed by atoms with E-state index in [4.69, 9.17) is 0 Å². The van der Waals surface area contributed by atoms with Gasteiger partial charge in [0.05, 0.1) is 9.82 Å². The van der Waals surface area contributed by atoms with E-state index in [1.165, 1.54) is 44.7 Å². The summed E-state index contributed by atoms with van der Waals surface area (Å²) in [6, 6.07) is 9.16. The largest absolute Gasteiger partial charge is 0.336 e. The molecule has 2 heterocycles. The van der Waals surface area contributed by atoms with E-state index in [1.807, 2.05) is 13.8 Å². The van der Waals surface area contributed by atoms with Crippen LogP contribution in [0.3, 0.4) is 0 Å². The van der Waals surface area contributed by atoms with E-state index in [0.29, 0.717) is 0 Å². The number of aryl methyl sites for hydroxylation is 2. The molecule has 172 valence electrons. The molecule has 11 nitrogen and oxygen atoms in total. The Morgan fingerprint density at radius 1 is 1.03 bits per heavy atom. The molecule has 12 heteroatoms. The van der Waals surface area contributed by atoms with Gasteiger partial charge in [-0.1, -0.05) is 6.07 Å². The number of aromatic nitrogens is 3. The van der Waals surface area contributed by atoms with Gasteiger partial charge in [-0.25, -0.2) is 18.1 Å². The van der Waals surface area contributed by atoms with Gasteiger partial charge >= 0.3 is 0 Å². The van der Waals surface area contributed by atoms with Gasteiger partial charge in [-0.2, -0.15) is 9.40 Å². The molecule has 33 heavy (non-hydrogen) atoms. The molecule has 1 amide bonds. The van der Waals surface area contributed by atoms with Crippen LogP contribution in [0, 0.1) is 24.0 Å². The minimum Gasteiger partial charge on any atom is -0.336 e. The van der Waals surface area contributed by atoms with Gasteiger partial charge in [-0.15, -0.1) is 0 Å². The molecule has 0 atom stereocenters. The van der Waals surface area contributed by atoms with E-state index in [9.17, 15) is 23.3 Å². The Morgan fingerprint density at radius 2 is 1.76 bits per heavy atom. The average molecular weight is 471 g/mol. The number of carbonyl (C=O) groups excluding carboxylic acids is 1. The fourth-order valence-corrected chi connectivity index (χ4v) is 5.17. The smallest absolute Gasteiger partial charge is 0.295 e. The van der Waals surface area contributed by atoms with Crippen molar-refractivity contribution in [1.82, 2.24) is 24.0 Å². The van der Waals surface area contributed by atoms with Crippen LogP contribution >= 0.6 is 0 Å². The number of nitrogens with zero attached hydrogens (tertiary/aromatic N) is 6. The van der Waals surface area contributed by atoms with Gasteiger partial charge in [-0.05, 0) is 49.2 Å². The monoisotopic (exact) mass is 470 g/mol. The summed E-state index contributed by atoms with van der Waals surface area (Å²) in [5, 5.41) is 15.5. The molecule has 4 rings (SSSR count). The van der Waals surface area contributed by atoms with E-state index in [2.05, 4.69) is 10.1 Å². The van der Waals surface area contributed by atoms with Crippen molar-refractivity contribution >= 4 is 21.6 Å². The highest BCUT2D eigenvalue weighted by molar-refractivity contribution is 7.89. The van der Waals surface area contributed by atoms with Crippen LogP contribution in [0.1, 0.15) is 21.5 Å². The minimum absolute atomic E-state index is 0.139. The summed E-state index contributed by atoms with van der Waals surface area (Å²) in [6.45, 7) is 4.42. The van der Waals surface area contributed by atoms with Gasteiger partial charge in [0.15, 0.2) is 0 Å². The van der Waals surface area contributed by atoms with Crippen molar-refractivity contribution in [2.24, 2.45) is 0 Å². The number of carbonyl (C=O) groups is 1. The fraction of sp³-hybridized carbons (Fsp3) is 0.286. The summed E-state index contributed by atoms with van der Waals surface area (Å²) >= 11 is 0. The Labute approximate surface area is 190 Å².